The summed E-state index contributed by atoms with van der Waals surface area (Å²) >= 11 is 0. The first-order valence-electron chi connectivity index (χ1n) is 16.9. The third kappa shape index (κ3) is 12.1. The molecule has 2 aromatic carbocycles. The van der Waals surface area contributed by atoms with E-state index in [-0.39, 0.29) is 42.0 Å². The number of carbonyl (C=O) groups excluding carboxylic acids is 2. The van der Waals surface area contributed by atoms with Gasteiger partial charge in [0.15, 0.2) is 9.84 Å². The second-order valence-corrected chi connectivity index (χ2v) is 13.8. The number of nitrogens with one attached hydrogen (secondary N) is 1. The zero-order chi connectivity index (χ0) is 35.8. The lowest BCUT2D eigenvalue weighted by molar-refractivity contribution is -0.122. The largest absolute Gasteiger partial charge is 0.491 e. The molecule has 4 rings (SSSR count). The number of hydrogen-bond acceptors (Lipinski definition) is 11. The molecule has 3 aromatic rings. The van der Waals surface area contributed by atoms with Gasteiger partial charge in [-0.1, -0.05) is 13.0 Å². The Kier molecular flexibility index (Phi) is 15.4. The number of benzene rings is 2. The topological polar surface area (TPSA) is 169 Å². The maximum atomic E-state index is 13.6. The van der Waals surface area contributed by atoms with E-state index in [1.54, 1.807) is 30.2 Å². The summed E-state index contributed by atoms with van der Waals surface area (Å²) < 4.78 is 53.6. The molecule has 0 radical (unpaired) electrons. The van der Waals surface area contributed by atoms with E-state index in [1.165, 1.54) is 12.1 Å². The number of aromatic nitrogens is 1. The average molecular weight is 713 g/mol. The molecule has 1 aliphatic rings. The molecule has 2 amide bonds. The van der Waals surface area contributed by atoms with Gasteiger partial charge < -0.3 is 39.6 Å². The molecule has 14 heteroatoms. The van der Waals surface area contributed by atoms with Crippen molar-refractivity contribution in [2.24, 2.45) is 0 Å². The summed E-state index contributed by atoms with van der Waals surface area (Å²) in [6.07, 6.45) is 2.78. The molecule has 13 nitrogen and oxygen atoms in total. The lowest BCUT2D eigenvalue weighted by Crippen LogP contribution is -2.33. The Balaban J connectivity index is 1.19. The normalized spacial score (nSPS) is 13.0. The number of anilines is 1. The number of amides is 2. The molecule has 0 spiro atoms. The fourth-order valence-corrected chi connectivity index (χ4v) is 6.40. The second-order valence-electron chi connectivity index (χ2n) is 11.7. The first-order chi connectivity index (χ1) is 24.2. The van der Waals surface area contributed by atoms with E-state index < -0.39 is 9.84 Å². The molecular weight excluding hydrogens is 664 g/mol. The summed E-state index contributed by atoms with van der Waals surface area (Å²) in [5.74, 6) is 0.330. The van der Waals surface area contributed by atoms with Gasteiger partial charge in [0.2, 0.25) is 5.91 Å². The van der Waals surface area contributed by atoms with Crippen molar-refractivity contribution in [3.63, 3.8) is 0 Å². The van der Waals surface area contributed by atoms with Crippen LogP contribution in [0.3, 0.4) is 0 Å². The van der Waals surface area contributed by atoms with E-state index in [1.807, 2.05) is 24.3 Å². The zero-order valence-electron chi connectivity index (χ0n) is 28.9. The maximum Gasteiger partial charge on any atom is 0.254 e. The third-order valence-corrected chi connectivity index (χ3v) is 9.58. The van der Waals surface area contributed by atoms with Crippen LogP contribution in [0.25, 0.3) is 11.1 Å². The second kappa shape index (κ2) is 19.9. The van der Waals surface area contributed by atoms with Crippen LogP contribution in [-0.4, -0.2) is 108 Å². The summed E-state index contributed by atoms with van der Waals surface area (Å²) in [6, 6.07) is 13.9. The van der Waals surface area contributed by atoms with Gasteiger partial charge in [-0.05, 0) is 66.9 Å². The number of ether oxygens (including phenoxy) is 5. The van der Waals surface area contributed by atoms with Crippen LogP contribution in [0.5, 0.6) is 5.75 Å². The van der Waals surface area contributed by atoms with Gasteiger partial charge in [0.1, 0.15) is 18.2 Å². The minimum absolute atomic E-state index is 0.0465. The Morgan fingerprint density at radius 3 is 2.24 bits per heavy atom. The number of nitrogen functional groups attached to an aromatic ring is 1. The van der Waals surface area contributed by atoms with Crippen LogP contribution in [0.1, 0.15) is 41.3 Å². The van der Waals surface area contributed by atoms with Crippen molar-refractivity contribution in [2.45, 2.75) is 38.1 Å². The number of aryl methyl sites for hydroxylation is 1. The van der Waals surface area contributed by atoms with E-state index in [4.69, 9.17) is 29.4 Å². The molecule has 3 N–H and O–H groups in total. The Morgan fingerprint density at radius 1 is 0.900 bits per heavy atom. The van der Waals surface area contributed by atoms with Crippen LogP contribution in [0, 0.1) is 6.92 Å². The molecule has 0 saturated heterocycles. The fourth-order valence-electron chi connectivity index (χ4n) is 5.17. The van der Waals surface area contributed by atoms with E-state index in [2.05, 4.69) is 17.2 Å². The van der Waals surface area contributed by atoms with Crippen molar-refractivity contribution in [2.75, 3.05) is 84.0 Å². The molecule has 0 saturated carbocycles. The van der Waals surface area contributed by atoms with Crippen molar-refractivity contribution in [1.82, 2.24) is 15.2 Å². The van der Waals surface area contributed by atoms with Gasteiger partial charge in [-0.25, -0.2) is 13.4 Å². The number of nitrogens with two attached hydrogens (primary N) is 1. The predicted octanol–water partition coefficient (Wildman–Crippen LogP) is 3.43. The maximum absolute atomic E-state index is 13.6. The van der Waals surface area contributed by atoms with Gasteiger partial charge in [0.05, 0.1) is 63.4 Å². The van der Waals surface area contributed by atoms with Crippen LogP contribution < -0.4 is 15.8 Å². The number of fused-ring (bicyclic) bond motifs is 1. The highest BCUT2D eigenvalue weighted by molar-refractivity contribution is 7.91. The molecular formula is C36H48N4O9S. The standard InChI is InChI=1S/C36H48N4O9S/c1-3-13-45-16-18-47-20-21-48-19-17-46-14-10-35(41)38-11-22-50(43,44)31-6-7-32(27(2)23-31)36(42)40-12-15-49-33-8-4-28(24-30(33)26-40)29-5-9-34(37)39-25-29/h4-9,23-25H,3,10-22,26H2,1-2H3,(H2,37,39)(H,38,41). The fraction of sp³-hybridized carbons (Fsp3) is 0.472. The predicted molar refractivity (Wildman–Crippen MR) is 189 cm³/mol. The first kappa shape index (κ1) is 38.7. The van der Waals surface area contributed by atoms with Crippen molar-refractivity contribution >= 4 is 27.5 Å². The molecule has 0 aliphatic carbocycles. The van der Waals surface area contributed by atoms with Gasteiger partial charge in [-0.3, -0.25) is 9.59 Å². The molecule has 1 aromatic heterocycles. The van der Waals surface area contributed by atoms with E-state index in [0.29, 0.717) is 82.0 Å². The number of nitrogens with zero attached hydrogens (tertiary/aromatic N) is 2. The Hall–Kier alpha value is -4.08. The van der Waals surface area contributed by atoms with Crippen LogP contribution in [0.15, 0.2) is 59.6 Å². The lowest BCUT2D eigenvalue weighted by atomic mass is 10.0. The summed E-state index contributed by atoms with van der Waals surface area (Å²) in [4.78, 5) is 31.8. The quantitative estimate of drug-likeness (QED) is 0.165. The third-order valence-electron chi connectivity index (χ3n) is 7.87. The molecule has 0 atom stereocenters. The highest BCUT2D eigenvalue weighted by Crippen LogP contribution is 2.30. The van der Waals surface area contributed by atoms with E-state index >= 15 is 0 Å². The number of carbonyl (C=O) groups is 2. The first-order valence-corrected chi connectivity index (χ1v) is 18.5. The molecule has 0 unspecified atom stereocenters. The Morgan fingerprint density at radius 2 is 1.58 bits per heavy atom. The van der Waals surface area contributed by atoms with Crippen molar-refractivity contribution in [3.05, 3.63) is 71.4 Å². The number of sulfone groups is 1. The van der Waals surface area contributed by atoms with E-state index in [0.717, 1.165) is 29.7 Å². The smallest absolute Gasteiger partial charge is 0.254 e. The molecule has 50 heavy (non-hydrogen) atoms. The van der Waals surface area contributed by atoms with Crippen molar-refractivity contribution in [3.8, 4) is 16.9 Å². The molecule has 2 heterocycles. The summed E-state index contributed by atoms with van der Waals surface area (Å²) in [5, 5.41) is 2.63. The summed E-state index contributed by atoms with van der Waals surface area (Å²) in [5.41, 5.74) is 9.35. The van der Waals surface area contributed by atoms with Gasteiger partial charge in [-0.15, -0.1) is 0 Å². The number of rotatable bonds is 20. The van der Waals surface area contributed by atoms with Crippen LogP contribution in [0.4, 0.5) is 5.82 Å². The zero-order valence-corrected chi connectivity index (χ0v) is 29.7. The van der Waals surface area contributed by atoms with Crippen LogP contribution in [-0.2, 0) is 40.1 Å². The summed E-state index contributed by atoms with van der Waals surface area (Å²) in [7, 11) is -3.71. The highest BCUT2D eigenvalue weighted by Gasteiger charge is 2.24. The minimum Gasteiger partial charge on any atom is -0.491 e. The monoisotopic (exact) mass is 712 g/mol. The SMILES string of the molecule is CCCOCCOCCOCCOCCC(=O)NCCS(=O)(=O)c1ccc(C(=O)N2CCOc3ccc(-c4ccc(N)nc4)cc3C2)c(C)c1. The van der Waals surface area contributed by atoms with Crippen LogP contribution in [0.2, 0.25) is 0 Å². The Labute approximate surface area is 294 Å². The Bertz CT molecular complexity index is 1650. The minimum atomic E-state index is -3.71. The average Bonchev–Trinajstić information content (AvgIpc) is 3.32. The van der Waals surface area contributed by atoms with Crippen LogP contribution >= 0.6 is 0 Å². The molecule has 272 valence electrons. The van der Waals surface area contributed by atoms with Gasteiger partial charge in [-0.2, -0.15) is 0 Å². The number of pyridine rings is 1. The van der Waals surface area contributed by atoms with E-state index in [9.17, 15) is 18.0 Å². The molecule has 0 bridgehead atoms. The highest BCUT2D eigenvalue weighted by atomic mass is 32.2. The lowest BCUT2D eigenvalue weighted by Gasteiger charge is -2.21. The summed E-state index contributed by atoms with van der Waals surface area (Å²) in [6.45, 7) is 8.39. The molecule has 0 fully saturated rings. The van der Waals surface area contributed by atoms with Crippen molar-refractivity contribution in [1.29, 1.82) is 0 Å². The van der Waals surface area contributed by atoms with Gasteiger partial charge in [0, 0.05) is 49.0 Å². The van der Waals surface area contributed by atoms with Gasteiger partial charge >= 0.3 is 0 Å². The van der Waals surface area contributed by atoms with Gasteiger partial charge in [0.25, 0.3) is 5.91 Å². The van der Waals surface area contributed by atoms with Crippen molar-refractivity contribution < 1.29 is 41.7 Å². The number of hydrogen-bond donors (Lipinski definition) is 2. The molecule has 1 aliphatic heterocycles.